The van der Waals surface area contributed by atoms with E-state index in [1.54, 1.807) is 18.2 Å². The number of ether oxygens (including phenoxy) is 1. The maximum Gasteiger partial charge on any atom is 0.407 e. The van der Waals surface area contributed by atoms with Crippen LogP contribution in [-0.4, -0.2) is 45.0 Å². The number of carboxylic acids is 1. The van der Waals surface area contributed by atoms with Crippen LogP contribution in [-0.2, 0) is 26.0 Å². The molecule has 0 heterocycles. The van der Waals surface area contributed by atoms with E-state index in [0.29, 0.717) is 12.1 Å². The Bertz CT molecular complexity index is 1320. The van der Waals surface area contributed by atoms with Crippen LogP contribution < -0.4 is 20.1 Å². The molecule has 3 aromatic carbocycles. The van der Waals surface area contributed by atoms with Gasteiger partial charge < -0.3 is 15.2 Å². The van der Waals surface area contributed by atoms with Crippen LogP contribution in [0.3, 0.4) is 0 Å². The summed E-state index contributed by atoms with van der Waals surface area (Å²) in [4.78, 5) is 24.0. The van der Waals surface area contributed by atoms with Gasteiger partial charge in [-0.2, -0.15) is 4.39 Å². The fraction of sp³-hybridized carbons (Fsp3) is 0.286. The quantitative estimate of drug-likeness (QED) is 0.128. The van der Waals surface area contributed by atoms with Gasteiger partial charge in [-0.25, -0.2) is 23.3 Å². The first-order valence-electron chi connectivity index (χ1n) is 12.4. The molecule has 0 spiro atoms. The second-order valence-corrected chi connectivity index (χ2v) is 10.5. The standard InChI is InChI=1S/C28H32FN3O6S/c1-30-28(29,27(34)35)38-23-17-15-22(16-18-23)25(32-39(36,37)24-13-6-3-7-14-24)20-26(33)31-19-9-8-12-21-10-4-2-5-11-21/h2-7,10-11,13-18,25,30,32H,8-9,12,19-20H2,1H3,(H,31,33)(H,34,35). The summed E-state index contributed by atoms with van der Waals surface area (Å²) in [5, 5.41) is 13.8. The number of likely N-dealkylation sites (N-methyl/N-ethyl adjacent to an activating group) is 1. The number of unbranched alkanes of at least 4 members (excludes halogenated alkanes) is 1. The van der Waals surface area contributed by atoms with Crippen LogP contribution in [0.1, 0.15) is 36.4 Å². The van der Waals surface area contributed by atoms with Crippen molar-refractivity contribution >= 4 is 21.9 Å². The maximum atomic E-state index is 14.4. The molecular weight excluding hydrogens is 525 g/mol. The maximum absolute atomic E-state index is 14.4. The van der Waals surface area contributed by atoms with Crippen molar-refractivity contribution in [3.8, 4) is 5.75 Å². The number of hydrogen-bond donors (Lipinski definition) is 4. The summed E-state index contributed by atoms with van der Waals surface area (Å²) < 4.78 is 47.9. The number of halogens is 1. The van der Waals surface area contributed by atoms with E-state index >= 15 is 0 Å². The van der Waals surface area contributed by atoms with Crippen molar-refractivity contribution in [1.82, 2.24) is 15.4 Å². The molecule has 0 aromatic heterocycles. The van der Waals surface area contributed by atoms with Gasteiger partial charge in [0.25, 0.3) is 0 Å². The van der Waals surface area contributed by atoms with E-state index in [1.807, 2.05) is 35.6 Å². The summed E-state index contributed by atoms with van der Waals surface area (Å²) in [5.74, 6) is -5.45. The summed E-state index contributed by atoms with van der Waals surface area (Å²) in [7, 11) is -2.88. The van der Waals surface area contributed by atoms with Gasteiger partial charge in [0, 0.05) is 13.0 Å². The van der Waals surface area contributed by atoms with Crippen molar-refractivity contribution in [1.29, 1.82) is 0 Å². The molecule has 4 N–H and O–H groups in total. The van der Waals surface area contributed by atoms with Gasteiger partial charge in [-0.1, -0.05) is 60.7 Å². The zero-order chi connectivity index (χ0) is 28.3. The average molecular weight is 558 g/mol. The molecule has 0 bridgehead atoms. The SMILES string of the molecule is CNC(F)(Oc1ccc(C(CC(=O)NCCCCc2ccccc2)NS(=O)(=O)c2ccccc2)cc1)C(=O)O. The van der Waals surface area contributed by atoms with Gasteiger partial charge in [-0.3, -0.25) is 4.79 Å². The molecule has 2 unspecified atom stereocenters. The highest BCUT2D eigenvalue weighted by Gasteiger charge is 2.40. The molecule has 0 saturated carbocycles. The van der Waals surface area contributed by atoms with Gasteiger partial charge in [0.1, 0.15) is 5.75 Å². The molecule has 3 aromatic rings. The Morgan fingerprint density at radius 3 is 2.15 bits per heavy atom. The molecule has 39 heavy (non-hydrogen) atoms. The number of carbonyl (C=O) groups excluding carboxylic acids is 1. The van der Waals surface area contributed by atoms with Crippen LogP contribution in [0.4, 0.5) is 4.39 Å². The van der Waals surface area contributed by atoms with Crippen LogP contribution in [0.25, 0.3) is 0 Å². The number of carboxylic acid groups (broad SMARTS) is 1. The van der Waals surface area contributed by atoms with E-state index in [-0.39, 0.29) is 23.0 Å². The minimum absolute atomic E-state index is 0.0361. The van der Waals surface area contributed by atoms with Crippen LogP contribution >= 0.6 is 0 Å². The van der Waals surface area contributed by atoms with E-state index in [1.165, 1.54) is 42.0 Å². The molecule has 0 aliphatic rings. The van der Waals surface area contributed by atoms with E-state index < -0.39 is 28.0 Å². The lowest BCUT2D eigenvalue weighted by Crippen LogP contribution is -2.51. The Hall–Kier alpha value is -3.80. The van der Waals surface area contributed by atoms with Crippen molar-refractivity contribution < 1.29 is 32.2 Å². The number of aliphatic carboxylic acids is 1. The van der Waals surface area contributed by atoms with E-state index in [9.17, 15) is 22.4 Å². The Morgan fingerprint density at radius 2 is 1.56 bits per heavy atom. The predicted octanol–water partition coefficient (Wildman–Crippen LogP) is 3.54. The molecular formula is C28H32FN3O6S. The van der Waals surface area contributed by atoms with Crippen molar-refractivity contribution in [3.63, 3.8) is 0 Å². The molecule has 11 heteroatoms. The Kier molecular flexibility index (Phi) is 10.6. The van der Waals surface area contributed by atoms with Crippen molar-refractivity contribution in [3.05, 3.63) is 96.1 Å². The Morgan fingerprint density at radius 1 is 0.949 bits per heavy atom. The summed E-state index contributed by atoms with van der Waals surface area (Å²) in [6, 6.07) is 22.3. The monoisotopic (exact) mass is 557 g/mol. The number of rotatable bonds is 15. The zero-order valence-corrected chi connectivity index (χ0v) is 22.3. The van der Waals surface area contributed by atoms with Crippen molar-refractivity contribution in [2.75, 3.05) is 13.6 Å². The summed E-state index contributed by atoms with van der Waals surface area (Å²) in [6.45, 7) is 0.439. The van der Waals surface area contributed by atoms with E-state index in [2.05, 4.69) is 10.0 Å². The molecule has 1 amide bonds. The lowest BCUT2D eigenvalue weighted by molar-refractivity contribution is -0.179. The van der Waals surface area contributed by atoms with E-state index in [0.717, 1.165) is 26.3 Å². The third kappa shape index (κ3) is 8.88. The third-order valence-corrected chi connectivity index (χ3v) is 7.42. The second-order valence-electron chi connectivity index (χ2n) is 8.81. The number of alkyl halides is 1. The molecule has 2 atom stereocenters. The number of nitrogens with one attached hydrogen (secondary N) is 3. The minimum atomic E-state index is -3.98. The lowest BCUT2D eigenvalue weighted by atomic mass is 10.0. The molecule has 208 valence electrons. The van der Waals surface area contributed by atoms with Gasteiger partial charge in [-0.15, -0.1) is 0 Å². The molecule has 0 saturated heterocycles. The minimum Gasteiger partial charge on any atom is -0.475 e. The van der Waals surface area contributed by atoms with Crippen LogP contribution in [0.2, 0.25) is 0 Å². The van der Waals surface area contributed by atoms with Gasteiger partial charge in [0.05, 0.1) is 10.9 Å². The summed E-state index contributed by atoms with van der Waals surface area (Å²) in [5.41, 5.74) is 1.63. The van der Waals surface area contributed by atoms with Gasteiger partial charge >= 0.3 is 11.9 Å². The largest absolute Gasteiger partial charge is 0.475 e. The Balaban J connectivity index is 1.68. The Labute approximate surface area is 227 Å². The summed E-state index contributed by atoms with van der Waals surface area (Å²) in [6.07, 6.45) is 2.34. The smallest absolute Gasteiger partial charge is 0.407 e. The molecule has 0 aliphatic heterocycles. The summed E-state index contributed by atoms with van der Waals surface area (Å²) >= 11 is 0. The fourth-order valence-corrected chi connectivity index (χ4v) is 5.04. The highest BCUT2D eigenvalue weighted by Crippen LogP contribution is 2.25. The van der Waals surface area contributed by atoms with Gasteiger partial charge in [0.2, 0.25) is 15.9 Å². The predicted molar refractivity (Wildman–Crippen MR) is 144 cm³/mol. The molecule has 0 aliphatic carbocycles. The van der Waals surface area contributed by atoms with Gasteiger partial charge in [0.15, 0.2) is 0 Å². The number of sulfonamides is 1. The fourth-order valence-electron chi connectivity index (χ4n) is 3.80. The normalized spacial score (nSPS) is 13.7. The molecule has 9 nitrogen and oxygen atoms in total. The average Bonchev–Trinajstić information content (AvgIpc) is 2.93. The third-order valence-electron chi connectivity index (χ3n) is 5.94. The highest BCUT2D eigenvalue weighted by atomic mass is 32.2. The van der Waals surface area contributed by atoms with Crippen molar-refractivity contribution in [2.45, 2.75) is 42.6 Å². The van der Waals surface area contributed by atoms with Gasteiger partial charge in [-0.05, 0) is 61.7 Å². The highest BCUT2D eigenvalue weighted by molar-refractivity contribution is 7.89. The number of carbonyl (C=O) groups is 2. The molecule has 0 fully saturated rings. The first-order chi connectivity index (χ1) is 18.6. The van der Waals surface area contributed by atoms with Crippen molar-refractivity contribution in [2.24, 2.45) is 0 Å². The first kappa shape index (κ1) is 29.8. The molecule has 3 rings (SSSR count). The second kappa shape index (κ2) is 13.8. The molecule has 0 radical (unpaired) electrons. The number of hydrogen-bond acceptors (Lipinski definition) is 6. The number of aryl methyl sites for hydroxylation is 1. The topological polar surface area (TPSA) is 134 Å². The van der Waals surface area contributed by atoms with Crippen LogP contribution in [0, 0.1) is 0 Å². The number of benzene rings is 3. The van der Waals surface area contributed by atoms with E-state index in [4.69, 9.17) is 9.84 Å². The zero-order valence-electron chi connectivity index (χ0n) is 21.5. The first-order valence-corrected chi connectivity index (χ1v) is 13.9. The number of amides is 1. The lowest BCUT2D eigenvalue weighted by Gasteiger charge is -2.22. The van der Waals surface area contributed by atoms with Crippen LogP contribution in [0.15, 0.2) is 89.8 Å². The van der Waals surface area contributed by atoms with Crippen LogP contribution in [0.5, 0.6) is 5.75 Å².